The molecule has 0 heterocycles. The number of ether oxygens (including phenoxy) is 2. The molecule has 1 amide bonds. The molecule has 38 heavy (non-hydrogen) atoms. The molecule has 0 saturated carbocycles. The van der Waals surface area contributed by atoms with Crippen LogP contribution in [0, 0.1) is 24.0 Å². The first-order valence-electron chi connectivity index (χ1n) is 11.5. The van der Waals surface area contributed by atoms with Crippen molar-refractivity contribution in [3.63, 3.8) is 0 Å². The number of hydrogen-bond acceptors (Lipinski definition) is 7. The van der Waals surface area contributed by atoms with Crippen LogP contribution in [-0.2, 0) is 14.8 Å². The Hall–Kier alpha value is -3.83. The zero-order valence-corrected chi connectivity index (χ0v) is 22.9. The quantitative estimate of drug-likeness (QED) is 0.266. The molecular weight excluding hydrogens is 534 g/mol. The molecule has 12 heteroatoms. The molecule has 202 valence electrons. The van der Waals surface area contributed by atoms with Crippen LogP contribution < -0.4 is 19.1 Å². The summed E-state index contributed by atoms with van der Waals surface area (Å²) in [7, 11) is -3.12. The third kappa shape index (κ3) is 6.93. The standard InChI is InChI=1S/C26H28ClN3O7S/c1-17-5-9-21(10-6-17)37-16-19(3)28-26(31)15-29(24-13-20(27)8-12-25(24)36-4)38(34,35)22-11-7-18(2)23(14-22)30(32)33/h5-14,19H,15-16H2,1-4H3,(H,28,31). The van der Waals surface area contributed by atoms with Gasteiger partial charge in [0.2, 0.25) is 5.91 Å². The number of methoxy groups -OCH3 is 1. The van der Waals surface area contributed by atoms with Crippen molar-refractivity contribution in [1.82, 2.24) is 5.32 Å². The maximum atomic E-state index is 13.8. The number of carbonyl (C=O) groups excluding carboxylic acids is 1. The second kappa shape index (κ2) is 12.1. The molecule has 1 atom stereocenters. The lowest BCUT2D eigenvalue weighted by atomic mass is 10.2. The van der Waals surface area contributed by atoms with Gasteiger partial charge in [0, 0.05) is 16.7 Å². The first-order valence-corrected chi connectivity index (χ1v) is 13.3. The number of nitro benzene ring substituents is 1. The van der Waals surface area contributed by atoms with Crippen LogP contribution in [0.1, 0.15) is 18.1 Å². The first-order chi connectivity index (χ1) is 17.9. The van der Waals surface area contributed by atoms with Crippen LogP contribution in [0.25, 0.3) is 0 Å². The third-order valence-electron chi connectivity index (χ3n) is 5.59. The van der Waals surface area contributed by atoms with Gasteiger partial charge in [-0.1, -0.05) is 35.4 Å². The van der Waals surface area contributed by atoms with Gasteiger partial charge in [-0.05, 0) is 57.2 Å². The highest BCUT2D eigenvalue weighted by atomic mass is 35.5. The lowest BCUT2D eigenvalue weighted by Crippen LogP contribution is -2.45. The van der Waals surface area contributed by atoms with Crippen molar-refractivity contribution >= 4 is 38.9 Å². The maximum Gasteiger partial charge on any atom is 0.273 e. The Morgan fingerprint density at radius 2 is 1.79 bits per heavy atom. The van der Waals surface area contributed by atoms with Gasteiger partial charge in [0.05, 0.1) is 28.7 Å². The van der Waals surface area contributed by atoms with Crippen molar-refractivity contribution in [3.05, 3.63) is 86.9 Å². The van der Waals surface area contributed by atoms with Crippen LogP contribution in [0.2, 0.25) is 5.02 Å². The van der Waals surface area contributed by atoms with Crippen molar-refractivity contribution in [2.75, 3.05) is 24.6 Å². The number of halogens is 1. The van der Waals surface area contributed by atoms with E-state index in [0.717, 1.165) is 15.9 Å². The van der Waals surface area contributed by atoms with E-state index in [0.29, 0.717) is 11.3 Å². The minimum atomic E-state index is -4.47. The Bertz CT molecular complexity index is 1430. The fraction of sp³-hybridized carbons (Fsp3) is 0.269. The number of aryl methyl sites for hydroxylation is 2. The second-order valence-electron chi connectivity index (χ2n) is 8.63. The molecule has 0 spiro atoms. The largest absolute Gasteiger partial charge is 0.495 e. The van der Waals surface area contributed by atoms with Gasteiger partial charge in [0.15, 0.2) is 0 Å². The zero-order valence-electron chi connectivity index (χ0n) is 21.3. The van der Waals surface area contributed by atoms with E-state index in [-0.39, 0.29) is 33.6 Å². The van der Waals surface area contributed by atoms with Gasteiger partial charge in [-0.2, -0.15) is 0 Å². The Morgan fingerprint density at radius 1 is 1.11 bits per heavy atom. The molecule has 3 rings (SSSR count). The lowest BCUT2D eigenvalue weighted by Gasteiger charge is -2.26. The number of nitrogens with one attached hydrogen (secondary N) is 1. The minimum absolute atomic E-state index is 0.00179. The van der Waals surface area contributed by atoms with Gasteiger partial charge in [-0.25, -0.2) is 8.42 Å². The summed E-state index contributed by atoms with van der Waals surface area (Å²) in [5.74, 6) is 0.144. The zero-order chi connectivity index (χ0) is 28.0. The number of anilines is 1. The van der Waals surface area contributed by atoms with E-state index in [1.807, 2.05) is 31.2 Å². The molecule has 1 unspecified atom stereocenters. The van der Waals surface area contributed by atoms with E-state index in [9.17, 15) is 23.3 Å². The molecule has 10 nitrogen and oxygen atoms in total. The number of amides is 1. The molecule has 3 aromatic carbocycles. The van der Waals surface area contributed by atoms with Gasteiger partial charge in [-0.15, -0.1) is 0 Å². The van der Waals surface area contributed by atoms with Crippen LogP contribution in [0.5, 0.6) is 11.5 Å². The van der Waals surface area contributed by atoms with Crippen molar-refractivity contribution in [3.8, 4) is 11.5 Å². The van der Waals surface area contributed by atoms with Crippen LogP contribution >= 0.6 is 11.6 Å². The molecule has 0 aliphatic heterocycles. The summed E-state index contributed by atoms with van der Waals surface area (Å²) in [4.78, 5) is 23.5. The Labute approximate surface area is 226 Å². The van der Waals surface area contributed by atoms with Gasteiger partial charge in [0.1, 0.15) is 24.7 Å². The summed E-state index contributed by atoms with van der Waals surface area (Å²) in [5.41, 5.74) is 1.01. The van der Waals surface area contributed by atoms with E-state index >= 15 is 0 Å². The first kappa shape index (κ1) is 28.7. The van der Waals surface area contributed by atoms with Crippen LogP contribution in [0.3, 0.4) is 0 Å². The number of carbonyl (C=O) groups is 1. The summed E-state index contributed by atoms with van der Waals surface area (Å²) in [5, 5.41) is 14.4. The Morgan fingerprint density at radius 3 is 2.42 bits per heavy atom. The van der Waals surface area contributed by atoms with Gasteiger partial charge < -0.3 is 14.8 Å². The van der Waals surface area contributed by atoms with Gasteiger partial charge in [0.25, 0.3) is 15.7 Å². The highest BCUT2D eigenvalue weighted by Crippen LogP contribution is 2.35. The molecule has 0 fully saturated rings. The molecule has 0 aliphatic carbocycles. The van der Waals surface area contributed by atoms with Gasteiger partial charge in [-0.3, -0.25) is 19.2 Å². The molecule has 0 radical (unpaired) electrons. The predicted octanol–water partition coefficient (Wildman–Crippen LogP) is 4.65. The molecule has 0 bridgehead atoms. The topological polar surface area (TPSA) is 128 Å². The molecule has 3 aromatic rings. The molecular formula is C26H28ClN3O7S. The van der Waals surface area contributed by atoms with Crippen LogP contribution in [-0.4, -0.2) is 45.6 Å². The number of nitro groups is 1. The molecule has 1 N–H and O–H groups in total. The van der Waals surface area contributed by atoms with E-state index in [1.54, 1.807) is 6.92 Å². The fourth-order valence-electron chi connectivity index (χ4n) is 3.58. The maximum absolute atomic E-state index is 13.8. The number of benzene rings is 3. The van der Waals surface area contributed by atoms with Crippen molar-refractivity contribution in [1.29, 1.82) is 0 Å². The number of rotatable bonds is 11. The SMILES string of the molecule is COc1ccc(Cl)cc1N(CC(=O)NC(C)COc1ccc(C)cc1)S(=O)(=O)c1ccc(C)c([N+](=O)[O-])c1. The van der Waals surface area contributed by atoms with Crippen molar-refractivity contribution < 1.29 is 27.6 Å². The molecule has 0 aliphatic rings. The summed E-state index contributed by atoms with van der Waals surface area (Å²) < 4.78 is 39.4. The summed E-state index contributed by atoms with van der Waals surface area (Å²) in [6.07, 6.45) is 0. The van der Waals surface area contributed by atoms with Crippen molar-refractivity contribution in [2.24, 2.45) is 0 Å². The van der Waals surface area contributed by atoms with E-state index in [1.165, 1.54) is 44.4 Å². The smallest absolute Gasteiger partial charge is 0.273 e. The van der Waals surface area contributed by atoms with E-state index < -0.39 is 33.4 Å². The predicted molar refractivity (Wildman–Crippen MR) is 145 cm³/mol. The van der Waals surface area contributed by atoms with E-state index in [2.05, 4.69) is 5.32 Å². The average molecular weight is 562 g/mol. The Balaban J connectivity index is 1.90. The lowest BCUT2D eigenvalue weighted by molar-refractivity contribution is -0.385. The highest BCUT2D eigenvalue weighted by molar-refractivity contribution is 7.92. The Kier molecular flexibility index (Phi) is 9.18. The molecule has 0 aromatic heterocycles. The van der Waals surface area contributed by atoms with Crippen LogP contribution in [0.4, 0.5) is 11.4 Å². The summed E-state index contributed by atoms with van der Waals surface area (Å²) in [6.45, 7) is 4.67. The average Bonchev–Trinajstić information content (AvgIpc) is 2.86. The van der Waals surface area contributed by atoms with Crippen LogP contribution in [0.15, 0.2) is 65.6 Å². The normalized spacial score (nSPS) is 11.9. The monoisotopic (exact) mass is 561 g/mol. The minimum Gasteiger partial charge on any atom is -0.495 e. The number of nitrogens with zero attached hydrogens (tertiary/aromatic N) is 2. The number of sulfonamides is 1. The molecule has 0 saturated heterocycles. The number of hydrogen-bond donors (Lipinski definition) is 1. The third-order valence-corrected chi connectivity index (χ3v) is 7.58. The van der Waals surface area contributed by atoms with Gasteiger partial charge >= 0.3 is 0 Å². The van der Waals surface area contributed by atoms with Crippen molar-refractivity contribution in [2.45, 2.75) is 31.7 Å². The second-order valence-corrected chi connectivity index (χ2v) is 10.9. The fourth-order valence-corrected chi connectivity index (χ4v) is 5.19. The summed E-state index contributed by atoms with van der Waals surface area (Å²) >= 11 is 6.15. The van der Waals surface area contributed by atoms with E-state index in [4.69, 9.17) is 21.1 Å². The summed E-state index contributed by atoms with van der Waals surface area (Å²) in [6, 6.07) is 14.8. The highest BCUT2D eigenvalue weighted by Gasteiger charge is 2.31.